The van der Waals surface area contributed by atoms with E-state index in [0.717, 1.165) is 25.8 Å². The predicted octanol–water partition coefficient (Wildman–Crippen LogP) is 2.87. The lowest BCUT2D eigenvalue weighted by Crippen LogP contribution is -2.32. The lowest BCUT2D eigenvalue weighted by molar-refractivity contribution is 0.00663. The van der Waals surface area contributed by atoms with Gasteiger partial charge >= 0.3 is 0 Å². The van der Waals surface area contributed by atoms with Crippen molar-refractivity contribution in [2.45, 2.75) is 31.4 Å². The summed E-state index contributed by atoms with van der Waals surface area (Å²) >= 11 is 0. The number of fused-ring (bicyclic) bond motifs is 1. The predicted molar refractivity (Wildman–Crippen MR) is 78.9 cm³/mol. The van der Waals surface area contributed by atoms with Crippen molar-refractivity contribution in [2.24, 2.45) is 0 Å². The summed E-state index contributed by atoms with van der Waals surface area (Å²) in [6.07, 6.45) is 7.64. The Morgan fingerprint density at radius 1 is 1.35 bits per heavy atom. The second-order valence-corrected chi connectivity index (χ2v) is 5.69. The summed E-state index contributed by atoms with van der Waals surface area (Å²) in [5.41, 5.74) is 5.20. The lowest BCUT2D eigenvalue weighted by atomic mass is 9.88. The highest BCUT2D eigenvalue weighted by Crippen LogP contribution is 2.40. The van der Waals surface area contributed by atoms with E-state index in [9.17, 15) is 0 Å². The number of para-hydroxylation sites is 1. The molecule has 2 aromatic rings. The summed E-state index contributed by atoms with van der Waals surface area (Å²) in [6.45, 7) is 1.04. The van der Waals surface area contributed by atoms with E-state index < -0.39 is 0 Å². The number of hydrogen-bond acceptors (Lipinski definition) is 3. The molecule has 1 saturated carbocycles. The molecule has 1 fully saturated rings. The SMILES string of the molecule is COC1CC(n2cncc2-c2cccc3c2NCC3)C1. The quantitative estimate of drug-likeness (QED) is 0.931. The first-order valence-electron chi connectivity index (χ1n) is 7.27. The zero-order chi connectivity index (χ0) is 13.5. The Morgan fingerprint density at radius 3 is 3.10 bits per heavy atom. The Bertz CT molecular complexity index is 628. The summed E-state index contributed by atoms with van der Waals surface area (Å²) in [5.74, 6) is 0. The highest BCUT2D eigenvalue weighted by molar-refractivity contribution is 5.79. The van der Waals surface area contributed by atoms with Crippen molar-refractivity contribution in [3.63, 3.8) is 0 Å². The molecule has 1 aliphatic carbocycles. The maximum atomic E-state index is 5.39. The highest BCUT2D eigenvalue weighted by atomic mass is 16.5. The zero-order valence-electron chi connectivity index (χ0n) is 11.7. The zero-order valence-corrected chi connectivity index (χ0v) is 11.7. The average Bonchev–Trinajstić information content (AvgIpc) is 3.05. The standard InChI is InChI=1S/C16H19N3O/c1-20-13-7-12(8-13)19-10-17-9-15(19)14-4-2-3-11-5-6-18-16(11)14/h2-4,9-10,12-13,18H,5-8H2,1H3. The molecule has 4 rings (SSSR count). The van der Waals surface area contributed by atoms with Gasteiger partial charge in [-0.25, -0.2) is 4.98 Å². The van der Waals surface area contributed by atoms with Crippen molar-refractivity contribution in [3.05, 3.63) is 36.3 Å². The summed E-state index contributed by atoms with van der Waals surface area (Å²) in [6, 6.07) is 7.08. The molecule has 0 unspecified atom stereocenters. The van der Waals surface area contributed by atoms with Gasteiger partial charge in [-0.05, 0) is 24.8 Å². The molecule has 1 aromatic carbocycles. The Balaban J connectivity index is 1.70. The van der Waals surface area contributed by atoms with Crippen LogP contribution in [0.1, 0.15) is 24.4 Å². The topological polar surface area (TPSA) is 39.1 Å². The Kier molecular flexibility index (Phi) is 2.77. The van der Waals surface area contributed by atoms with Gasteiger partial charge in [0, 0.05) is 30.9 Å². The van der Waals surface area contributed by atoms with Gasteiger partial charge in [-0.1, -0.05) is 18.2 Å². The minimum atomic E-state index is 0.412. The van der Waals surface area contributed by atoms with Gasteiger partial charge in [0.25, 0.3) is 0 Å². The number of aromatic nitrogens is 2. The van der Waals surface area contributed by atoms with Crippen LogP contribution in [0.3, 0.4) is 0 Å². The molecule has 4 heteroatoms. The van der Waals surface area contributed by atoms with Gasteiger partial charge in [0.2, 0.25) is 0 Å². The minimum Gasteiger partial charge on any atom is -0.384 e. The van der Waals surface area contributed by atoms with Crippen molar-refractivity contribution in [3.8, 4) is 11.3 Å². The van der Waals surface area contributed by atoms with Gasteiger partial charge in [-0.3, -0.25) is 0 Å². The van der Waals surface area contributed by atoms with Crippen LogP contribution < -0.4 is 5.32 Å². The van der Waals surface area contributed by atoms with E-state index in [1.54, 1.807) is 7.11 Å². The normalized spacial score (nSPS) is 24.1. The van der Waals surface area contributed by atoms with Crippen molar-refractivity contribution in [1.82, 2.24) is 9.55 Å². The van der Waals surface area contributed by atoms with Crippen molar-refractivity contribution in [2.75, 3.05) is 19.0 Å². The molecule has 20 heavy (non-hydrogen) atoms. The number of imidazole rings is 1. The molecule has 0 amide bonds. The van der Waals surface area contributed by atoms with Crippen LogP contribution in [0.15, 0.2) is 30.7 Å². The van der Waals surface area contributed by atoms with Crippen LogP contribution in [-0.2, 0) is 11.2 Å². The van der Waals surface area contributed by atoms with Gasteiger partial charge in [-0.2, -0.15) is 0 Å². The van der Waals surface area contributed by atoms with Gasteiger partial charge in [-0.15, -0.1) is 0 Å². The molecule has 104 valence electrons. The molecule has 2 aliphatic rings. The molecular weight excluding hydrogens is 250 g/mol. The Labute approximate surface area is 118 Å². The molecular formula is C16H19N3O. The maximum absolute atomic E-state index is 5.39. The van der Waals surface area contributed by atoms with Crippen molar-refractivity contribution >= 4 is 5.69 Å². The number of nitrogens with zero attached hydrogens (tertiary/aromatic N) is 2. The van der Waals surface area contributed by atoms with Crippen LogP contribution in [0.2, 0.25) is 0 Å². The minimum absolute atomic E-state index is 0.412. The number of ether oxygens (including phenoxy) is 1. The Hall–Kier alpha value is -1.81. The lowest BCUT2D eigenvalue weighted by Gasteiger charge is -2.36. The fourth-order valence-corrected chi connectivity index (χ4v) is 3.31. The van der Waals surface area contributed by atoms with Crippen LogP contribution in [0.4, 0.5) is 5.69 Å². The van der Waals surface area contributed by atoms with Gasteiger partial charge < -0.3 is 14.6 Å². The van der Waals surface area contributed by atoms with Crippen LogP contribution in [0, 0.1) is 0 Å². The average molecular weight is 269 g/mol. The van der Waals surface area contributed by atoms with E-state index in [2.05, 4.69) is 33.1 Å². The van der Waals surface area contributed by atoms with Gasteiger partial charge in [0.05, 0.1) is 24.3 Å². The van der Waals surface area contributed by atoms with Crippen molar-refractivity contribution < 1.29 is 4.74 Å². The van der Waals surface area contributed by atoms with Crippen LogP contribution in [0.5, 0.6) is 0 Å². The Morgan fingerprint density at radius 2 is 2.25 bits per heavy atom. The van der Waals surface area contributed by atoms with Crippen molar-refractivity contribution in [1.29, 1.82) is 0 Å². The molecule has 0 spiro atoms. The largest absolute Gasteiger partial charge is 0.384 e. The molecule has 0 radical (unpaired) electrons. The monoisotopic (exact) mass is 269 g/mol. The first kappa shape index (κ1) is 12.0. The second kappa shape index (κ2) is 4.63. The van der Waals surface area contributed by atoms with E-state index in [1.165, 1.54) is 22.5 Å². The number of anilines is 1. The van der Waals surface area contributed by atoms with E-state index >= 15 is 0 Å². The highest BCUT2D eigenvalue weighted by Gasteiger charge is 2.32. The molecule has 0 saturated heterocycles. The fourth-order valence-electron chi connectivity index (χ4n) is 3.31. The second-order valence-electron chi connectivity index (χ2n) is 5.69. The number of methoxy groups -OCH3 is 1. The third kappa shape index (κ3) is 1.75. The van der Waals surface area contributed by atoms with E-state index in [4.69, 9.17) is 4.74 Å². The molecule has 0 atom stereocenters. The number of benzene rings is 1. The molecule has 2 heterocycles. The van der Waals surface area contributed by atoms with E-state index in [0.29, 0.717) is 12.1 Å². The van der Waals surface area contributed by atoms with E-state index in [1.807, 2.05) is 12.5 Å². The third-order valence-corrected chi connectivity index (χ3v) is 4.59. The summed E-state index contributed by atoms with van der Waals surface area (Å²) < 4.78 is 7.70. The van der Waals surface area contributed by atoms with Crippen LogP contribution in [-0.4, -0.2) is 29.3 Å². The van der Waals surface area contributed by atoms with Gasteiger partial charge in [0.15, 0.2) is 0 Å². The first-order chi connectivity index (χ1) is 9.86. The molecule has 4 nitrogen and oxygen atoms in total. The summed E-state index contributed by atoms with van der Waals surface area (Å²) in [5, 5.41) is 3.51. The fraction of sp³-hybridized carbons (Fsp3) is 0.438. The number of nitrogens with one attached hydrogen (secondary N) is 1. The summed E-state index contributed by atoms with van der Waals surface area (Å²) in [7, 11) is 1.80. The summed E-state index contributed by atoms with van der Waals surface area (Å²) in [4.78, 5) is 4.37. The number of rotatable bonds is 3. The van der Waals surface area contributed by atoms with Crippen LogP contribution >= 0.6 is 0 Å². The molecule has 0 bridgehead atoms. The van der Waals surface area contributed by atoms with Crippen LogP contribution in [0.25, 0.3) is 11.3 Å². The van der Waals surface area contributed by atoms with Gasteiger partial charge in [0.1, 0.15) is 0 Å². The third-order valence-electron chi connectivity index (χ3n) is 4.59. The maximum Gasteiger partial charge on any atom is 0.0953 e. The molecule has 1 aliphatic heterocycles. The molecule has 1 N–H and O–H groups in total. The smallest absolute Gasteiger partial charge is 0.0953 e. The van der Waals surface area contributed by atoms with E-state index in [-0.39, 0.29) is 0 Å². The number of hydrogen-bond donors (Lipinski definition) is 1. The molecule has 1 aromatic heterocycles. The first-order valence-corrected chi connectivity index (χ1v) is 7.27.